The lowest BCUT2D eigenvalue weighted by Crippen LogP contribution is -2.41. The molecule has 0 bridgehead atoms. The fourth-order valence-electron chi connectivity index (χ4n) is 3.13. The third-order valence-electron chi connectivity index (χ3n) is 4.74. The van der Waals surface area contributed by atoms with Crippen molar-refractivity contribution in [2.45, 2.75) is 102 Å². The van der Waals surface area contributed by atoms with Crippen LogP contribution in [-0.4, -0.2) is 13.5 Å². The Bertz CT molecular complexity index is 170. The predicted octanol–water partition coefficient (Wildman–Crippen LogP) is 6.85. The van der Waals surface area contributed by atoms with Crippen molar-refractivity contribution in [1.29, 1.82) is 0 Å². The fourth-order valence-corrected chi connectivity index (χ4v) is 10.2. The molecule has 110 valence electrons. The number of unbranched alkanes of at least 4 members (excludes halogenated alkanes) is 3. The maximum Gasteiger partial charge on any atom is 0.0578 e. The van der Waals surface area contributed by atoms with Gasteiger partial charge in [-0.2, -0.15) is 0 Å². The predicted molar refractivity (Wildman–Crippen MR) is 89.6 cm³/mol. The molecule has 0 aromatic carbocycles. The molecule has 0 aromatic rings. The van der Waals surface area contributed by atoms with Crippen LogP contribution in [0.15, 0.2) is 0 Å². The van der Waals surface area contributed by atoms with Crippen molar-refractivity contribution in [1.82, 2.24) is 0 Å². The monoisotopic (exact) mass is 290 g/mol. The molecule has 0 saturated heterocycles. The highest BCUT2D eigenvalue weighted by molar-refractivity contribution is 6.81. The van der Waals surface area contributed by atoms with Crippen LogP contribution in [0.2, 0.25) is 23.7 Å². The molecule has 2 heteroatoms. The zero-order valence-electron chi connectivity index (χ0n) is 13.4. The maximum atomic E-state index is 6.48. The minimum atomic E-state index is -1.16. The first kappa shape index (κ1) is 18.5. The molecule has 0 saturated carbocycles. The summed E-state index contributed by atoms with van der Waals surface area (Å²) in [6.45, 7) is 11.7. The molecule has 0 fully saturated rings. The smallest absolute Gasteiger partial charge is 0.0578 e. The average Bonchev–Trinajstić information content (AvgIpc) is 2.37. The summed E-state index contributed by atoms with van der Waals surface area (Å²) in [6.07, 6.45) is 8.30. The first-order chi connectivity index (χ1) is 8.54. The van der Waals surface area contributed by atoms with E-state index >= 15 is 0 Å². The highest BCUT2D eigenvalue weighted by Gasteiger charge is 2.38. The van der Waals surface area contributed by atoms with E-state index in [2.05, 4.69) is 34.6 Å². The molecule has 2 unspecified atom stereocenters. The normalized spacial score (nSPS) is 15.7. The molecule has 18 heavy (non-hydrogen) atoms. The second-order valence-corrected chi connectivity index (χ2v) is 12.0. The van der Waals surface area contributed by atoms with Gasteiger partial charge in [-0.05, 0) is 12.5 Å². The molecule has 0 rings (SSSR count). The first-order valence-corrected chi connectivity index (χ1v) is 11.3. The molecule has 0 aliphatic heterocycles. The van der Waals surface area contributed by atoms with Crippen LogP contribution in [0.3, 0.4) is 0 Å². The zero-order chi connectivity index (χ0) is 14.0. The van der Waals surface area contributed by atoms with E-state index in [1.54, 1.807) is 0 Å². The molecule has 0 N–H and O–H groups in total. The Morgan fingerprint density at radius 2 is 1.11 bits per heavy atom. The minimum Gasteiger partial charge on any atom is -0.123 e. The van der Waals surface area contributed by atoms with Gasteiger partial charge in [0.2, 0.25) is 0 Å². The van der Waals surface area contributed by atoms with Gasteiger partial charge in [-0.15, -0.1) is 11.6 Å². The second-order valence-electron chi connectivity index (χ2n) is 6.14. The third-order valence-corrected chi connectivity index (χ3v) is 11.8. The number of hydrogen-bond donors (Lipinski definition) is 0. The van der Waals surface area contributed by atoms with E-state index in [1.165, 1.54) is 56.7 Å². The Hall–Kier alpha value is 0.507. The standard InChI is InChI=1S/C16H35ClSi/c1-6-9-12-18(13-10-7-2,14-11-8-3)16(5)15(4)17/h15-16H,6-14H2,1-5H3. The summed E-state index contributed by atoms with van der Waals surface area (Å²) < 4.78 is 0. The lowest BCUT2D eigenvalue weighted by atomic mass is 10.3. The Morgan fingerprint density at radius 1 is 0.778 bits per heavy atom. The van der Waals surface area contributed by atoms with E-state index in [1.807, 2.05) is 0 Å². The lowest BCUT2D eigenvalue weighted by Gasteiger charge is -2.39. The van der Waals surface area contributed by atoms with Gasteiger partial charge >= 0.3 is 0 Å². The van der Waals surface area contributed by atoms with Crippen LogP contribution in [0.25, 0.3) is 0 Å². The quantitative estimate of drug-likeness (QED) is 0.288. The van der Waals surface area contributed by atoms with Crippen LogP contribution in [0.5, 0.6) is 0 Å². The van der Waals surface area contributed by atoms with E-state index in [-0.39, 0.29) is 0 Å². The van der Waals surface area contributed by atoms with Crippen molar-refractivity contribution in [2.24, 2.45) is 0 Å². The molecule has 0 radical (unpaired) electrons. The summed E-state index contributed by atoms with van der Waals surface area (Å²) in [5.41, 5.74) is 0.781. The summed E-state index contributed by atoms with van der Waals surface area (Å²) in [7, 11) is -1.16. The molecular formula is C16H35ClSi. The van der Waals surface area contributed by atoms with E-state index in [4.69, 9.17) is 11.6 Å². The highest BCUT2D eigenvalue weighted by atomic mass is 35.5. The third kappa shape index (κ3) is 6.10. The largest absolute Gasteiger partial charge is 0.123 e. The van der Waals surface area contributed by atoms with Gasteiger partial charge in [0.1, 0.15) is 0 Å². The Balaban J connectivity index is 4.84. The van der Waals surface area contributed by atoms with Gasteiger partial charge in [-0.1, -0.05) is 84.4 Å². The lowest BCUT2D eigenvalue weighted by molar-refractivity contribution is 0.733. The maximum absolute atomic E-state index is 6.48. The van der Waals surface area contributed by atoms with Crippen molar-refractivity contribution >= 4 is 19.7 Å². The molecule has 0 aliphatic rings. The first-order valence-electron chi connectivity index (χ1n) is 8.18. The van der Waals surface area contributed by atoms with Crippen LogP contribution >= 0.6 is 11.6 Å². The fraction of sp³-hybridized carbons (Fsp3) is 1.00. The highest BCUT2D eigenvalue weighted by Crippen LogP contribution is 2.41. The van der Waals surface area contributed by atoms with Crippen LogP contribution in [-0.2, 0) is 0 Å². The Labute approximate surface area is 122 Å². The van der Waals surface area contributed by atoms with Gasteiger partial charge in [-0.25, -0.2) is 0 Å². The van der Waals surface area contributed by atoms with Crippen LogP contribution < -0.4 is 0 Å². The summed E-state index contributed by atoms with van der Waals surface area (Å²) in [5.74, 6) is 0. The summed E-state index contributed by atoms with van der Waals surface area (Å²) >= 11 is 6.48. The van der Waals surface area contributed by atoms with Gasteiger partial charge in [0.15, 0.2) is 0 Å². The molecule has 0 nitrogen and oxygen atoms in total. The number of halogens is 1. The topological polar surface area (TPSA) is 0 Å². The van der Waals surface area contributed by atoms with Crippen molar-refractivity contribution in [3.63, 3.8) is 0 Å². The zero-order valence-corrected chi connectivity index (χ0v) is 15.2. The van der Waals surface area contributed by atoms with Crippen molar-refractivity contribution in [3.05, 3.63) is 0 Å². The number of alkyl halides is 1. The molecule has 0 aliphatic carbocycles. The van der Waals surface area contributed by atoms with Gasteiger partial charge < -0.3 is 0 Å². The van der Waals surface area contributed by atoms with Crippen LogP contribution in [0.4, 0.5) is 0 Å². The molecule has 0 aromatic heterocycles. The van der Waals surface area contributed by atoms with E-state index < -0.39 is 8.07 Å². The Morgan fingerprint density at radius 3 is 1.33 bits per heavy atom. The Kier molecular flexibility index (Phi) is 10.6. The van der Waals surface area contributed by atoms with Crippen LogP contribution in [0, 0.1) is 0 Å². The van der Waals surface area contributed by atoms with Gasteiger partial charge in [0, 0.05) is 5.38 Å². The van der Waals surface area contributed by atoms with Crippen molar-refractivity contribution in [3.8, 4) is 0 Å². The number of hydrogen-bond acceptors (Lipinski definition) is 0. The summed E-state index contributed by atoms with van der Waals surface area (Å²) in [6, 6.07) is 4.55. The molecule has 2 atom stereocenters. The summed E-state index contributed by atoms with van der Waals surface area (Å²) in [5, 5.41) is 0.363. The molecule has 0 spiro atoms. The average molecular weight is 291 g/mol. The van der Waals surface area contributed by atoms with E-state index in [0.717, 1.165) is 5.54 Å². The van der Waals surface area contributed by atoms with E-state index in [9.17, 15) is 0 Å². The molecule has 0 amide bonds. The second kappa shape index (κ2) is 10.3. The van der Waals surface area contributed by atoms with Crippen molar-refractivity contribution in [2.75, 3.05) is 0 Å². The van der Waals surface area contributed by atoms with Gasteiger partial charge in [0.25, 0.3) is 0 Å². The van der Waals surface area contributed by atoms with Crippen LogP contribution in [0.1, 0.15) is 73.1 Å². The van der Waals surface area contributed by atoms with E-state index in [0.29, 0.717) is 5.38 Å². The summed E-state index contributed by atoms with van der Waals surface area (Å²) in [4.78, 5) is 0. The minimum absolute atomic E-state index is 0.363. The molecular weight excluding hydrogens is 256 g/mol. The van der Waals surface area contributed by atoms with Crippen molar-refractivity contribution < 1.29 is 0 Å². The molecule has 0 heterocycles. The number of rotatable bonds is 11. The van der Waals surface area contributed by atoms with Gasteiger partial charge in [-0.3, -0.25) is 0 Å². The SMILES string of the molecule is CCCC[Si](CCCC)(CCCC)C(C)C(C)Cl. The van der Waals surface area contributed by atoms with Gasteiger partial charge in [0.05, 0.1) is 8.07 Å².